The number of carboxylic acids is 1. The minimum Gasteiger partial charge on any atom is -0.496 e. The molecule has 1 aromatic carbocycles. The summed E-state index contributed by atoms with van der Waals surface area (Å²) < 4.78 is 31.5. The average Bonchev–Trinajstić information content (AvgIpc) is 3.27. The minimum atomic E-state index is -0.849. The van der Waals surface area contributed by atoms with Crippen LogP contribution in [0.2, 0.25) is 0 Å². The van der Waals surface area contributed by atoms with E-state index in [1.54, 1.807) is 14.0 Å². The summed E-state index contributed by atoms with van der Waals surface area (Å²) >= 11 is 0. The van der Waals surface area contributed by atoms with Gasteiger partial charge in [0.05, 0.1) is 36.2 Å². The second kappa shape index (κ2) is 11.9. The van der Waals surface area contributed by atoms with Crippen molar-refractivity contribution >= 4 is 17.8 Å². The number of carbonyl (C=O) groups is 3. The summed E-state index contributed by atoms with van der Waals surface area (Å²) in [5, 5.41) is 15.4. The second-order valence-corrected chi connectivity index (χ2v) is 12.0. The van der Waals surface area contributed by atoms with E-state index in [0.29, 0.717) is 45.1 Å². The number of halogens is 1. The van der Waals surface area contributed by atoms with Gasteiger partial charge in [-0.2, -0.15) is 0 Å². The van der Waals surface area contributed by atoms with Crippen molar-refractivity contribution in [2.45, 2.75) is 84.5 Å². The van der Waals surface area contributed by atoms with E-state index in [2.05, 4.69) is 10.6 Å². The Hall–Kier alpha value is -2.88. The zero-order chi connectivity index (χ0) is 28.3. The van der Waals surface area contributed by atoms with Gasteiger partial charge in [-0.3, -0.25) is 14.4 Å². The lowest BCUT2D eigenvalue weighted by Gasteiger charge is -2.34. The van der Waals surface area contributed by atoms with E-state index in [1.807, 2.05) is 20.8 Å². The zero-order valence-corrected chi connectivity index (χ0v) is 23.2. The van der Waals surface area contributed by atoms with Gasteiger partial charge in [0, 0.05) is 25.8 Å². The summed E-state index contributed by atoms with van der Waals surface area (Å²) in [6.07, 6.45) is 2.15. The van der Waals surface area contributed by atoms with Gasteiger partial charge in [-0.25, -0.2) is 4.39 Å². The Labute approximate surface area is 223 Å². The van der Waals surface area contributed by atoms with E-state index in [9.17, 15) is 23.9 Å². The first kappa shape index (κ1) is 29.7. The van der Waals surface area contributed by atoms with E-state index in [0.717, 1.165) is 6.07 Å². The lowest BCUT2D eigenvalue weighted by atomic mass is 9.75. The van der Waals surface area contributed by atoms with E-state index in [1.165, 1.54) is 13.2 Å². The number of ether oxygens (including phenoxy) is 3. The van der Waals surface area contributed by atoms with Gasteiger partial charge in [-0.05, 0) is 56.9 Å². The molecule has 0 bridgehead atoms. The third-order valence-electron chi connectivity index (χ3n) is 7.64. The van der Waals surface area contributed by atoms with Crippen LogP contribution in [0.4, 0.5) is 4.39 Å². The number of nitrogens with one attached hydrogen (secondary N) is 2. The molecule has 2 aliphatic rings. The SMILES string of the molecule is COc1cc(F)c(OC2CCC(C)(C(=O)O)CC2)cc1C(=O)N[C@H]1C[C@H](OC)C[C@H]1C(=O)NCC(C)(C)C. The molecule has 2 saturated carbocycles. The van der Waals surface area contributed by atoms with Crippen LogP contribution in [0, 0.1) is 22.6 Å². The summed E-state index contributed by atoms with van der Waals surface area (Å²) in [6.45, 7) is 8.28. The lowest BCUT2D eigenvalue weighted by molar-refractivity contribution is -0.150. The summed E-state index contributed by atoms with van der Waals surface area (Å²) in [4.78, 5) is 37.9. The largest absolute Gasteiger partial charge is 0.496 e. The number of carboxylic acid groups (broad SMARTS) is 1. The van der Waals surface area contributed by atoms with Gasteiger partial charge in [0.15, 0.2) is 11.6 Å². The normalized spacial score (nSPS) is 27.4. The molecule has 0 radical (unpaired) electrons. The minimum absolute atomic E-state index is 0.0458. The molecule has 38 heavy (non-hydrogen) atoms. The van der Waals surface area contributed by atoms with Gasteiger partial charge in [-0.15, -0.1) is 0 Å². The highest BCUT2D eigenvalue weighted by Gasteiger charge is 2.41. The molecule has 2 aliphatic carbocycles. The van der Waals surface area contributed by atoms with Gasteiger partial charge >= 0.3 is 5.97 Å². The van der Waals surface area contributed by atoms with Crippen LogP contribution in [0.15, 0.2) is 12.1 Å². The van der Waals surface area contributed by atoms with Crippen molar-refractivity contribution in [1.82, 2.24) is 10.6 Å². The zero-order valence-electron chi connectivity index (χ0n) is 23.2. The summed E-state index contributed by atoms with van der Waals surface area (Å²) in [5.41, 5.74) is -0.818. The van der Waals surface area contributed by atoms with Crippen LogP contribution in [0.5, 0.6) is 11.5 Å². The lowest BCUT2D eigenvalue weighted by Crippen LogP contribution is -2.45. The molecule has 3 rings (SSSR count). The van der Waals surface area contributed by atoms with Gasteiger partial charge in [0.25, 0.3) is 5.91 Å². The molecule has 9 nitrogen and oxygen atoms in total. The number of methoxy groups -OCH3 is 2. The van der Waals surface area contributed by atoms with E-state index in [4.69, 9.17) is 14.2 Å². The Bertz CT molecular complexity index is 1030. The van der Waals surface area contributed by atoms with Crippen LogP contribution in [0.3, 0.4) is 0 Å². The summed E-state index contributed by atoms with van der Waals surface area (Å²) in [5.74, 6) is -2.71. The highest BCUT2D eigenvalue weighted by Crippen LogP contribution is 2.39. The molecule has 1 aromatic rings. The third kappa shape index (κ3) is 7.15. The molecule has 3 N–H and O–H groups in total. The molecule has 10 heteroatoms. The van der Waals surface area contributed by atoms with E-state index >= 15 is 0 Å². The third-order valence-corrected chi connectivity index (χ3v) is 7.64. The Balaban J connectivity index is 1.75. The topological polar surface area (TPSA) is 123 Å². The molecule has 0 unspecified atom stereocenters. The summed E-state index contributed by atoms with van der Waals surface area (Å²) in [7, 11) is 2.93. The van der Waals surface area contributed by atoms with E-state index < -0.39 is 35.1 Å². The van der Waals surface area contributed by atoms with E-state index in [-0.39, 0.29) is 40.6 Å². The fraction of sp³-hybridized carbons (Fsp3) is 0.679. The van der Waals surface area contributed by atoms with Crippen LogP contribution < -0.4 is 20.1 Å². The smallest absolute Gasteiger partial charge is 0.309 e. The molecular weight excluding hydrogens is 495 g/mol. The fourth-order valence-electron chi connectivity index (χ4n) is 5.07. The number of carbonyl (C=O) groups excluding carboxylic acids is 2. The molecule has 0 saturated heterocycles. The van der Waals surface area contributed by atoms with Crippen LogP contribution in [-0.4, -0.2) is 61.9 Å². The van der Waals surface area contributed by atoms with Crippen LogP contribution >= 0.6 is 0 Å². The number of aliphatic carboxylic acids is 1. The molecule has 0 spiro atoms. The quantitative estimate of drug-likeness (QED) is 0.437. The number of rotatable bonds is 9. The molecule has 0 aromatic heterocycles. The molecule has 2 amide bonds. The predicted molar refractivity (Wildman–Crippen MR) is 139 cm³/mol. The van der Waals surface area contributed by atoms with Crippen LogP contribution in [-0.2, 0) is 14.3 Å². The van der Waals surface area contributed by atoms with Gasteiger partial charge < -0.3 is 30.0 Å². The van der Waals surface area contributed by atoms with Crippen LogP contribution in [0.25, 0.3) is 0 Å². The number of amides is 2. The van der Waals surface area contributed by atoms with Crippen molar-refractivity contribution in [2.75, 3.05) is 20.8 Å². The number of hydrogen-bond donors (Lipinski definition) is 3. The van der Waals surface area contributed by atoms with Crippen molar-refractivity contribution in [3.63, 3.8) is 0 Å². The molecule has 3 atom stereocenters. The fourth-order valence-corrected chi connectivity index (χ4v) is 5.07. The monoisotopic (exact) mass is 536 g/mol. The van der Waals surface area contributed by atoms with Crippen molar-refractivity contribution in [1.29, 1.82) is 0 Å². The molecule has 212 valence electrons. The highest BCUT2D eigenvalue weighted by molar-refractivity contribution is 5.98. The molecular formula is C28H41FN2O7. The number of hydrogen-bond acceptors (Lipinski definition) is 6. The maximum absolute atomic E-state index is 14.9. The molecule has 0 aliphatic heterocycles. The molecule has 0 heterocycles. The highest BCUT2D eigenvalue weighted by atomic mass is 19.1. The first-order valence-electron chi connectivity index (χ1n) is 13.2. The maximum Gasteiger partial charge on any atom is 0.309 e. The maximum atomic E-state index is 14.9. The number of benzene rings is 1. The Morgan fingerprint density at radius 1 is 1.08 bits per heavy atom. The Kier molecular flexibility index (Phi) is 9.28. The van der Waals surface area contributed by atoms with Crippen molar-refractivity contribution in [3.05, 3.63) is 23.5 Å². The van der Waals surface area contributed by atoms with Crippen molar-refractivity contribution < 1.29 is 38.1 Å². The van der Waals surface area contributed by atoms with Crippen LogP contribution in [0.1, 0.15) is 76.6 Å². The summed E-state index contributed by atoms with van der Waals surface area (Å²) in [6, 6.07) is 1.94. The van der Waals surface area contributed by atoms with Crippen molar-refractivity contribution in [2.24, 2.45) is 16.7 Å². The van der Waals surface area contributed by atoms with Gasteiger partial charge in [-0.1, -0.05) is 20.8 Å². The second-order valence-electron chi connectivity index (χ2n) is 12.0. The average molecular weight is 537 g/mol. The Morgan fingerprint density at radius 3 is 2.29 bits per heavy atom. The van der Waals surface area contributed by atoms with Crippen molar-refractivity contribution in [3.8, 4) is 11.5 Å². The Morgan fingerprint density at radius 2 is 1.74 bits per heavy atom. The first-order chi connectivity index (χ1) is 17.8. The first-order valence-corrected chi connectivity index (χ1v) is 13.2. The van der Waals surface area contributed by atoms with Gasteiger partial charge in [0.1, 0.15) is 5.75 Å². The standard InChI is InChI=1S/C28H41FN2O7/c1-27(2,3)15-30-24(32)18-11-17(36-5)12-21(18)31-25(33)19-13-23(20(29)14-22(19)37-6)38-16-7-9-28(4,10-8-16)26(34)35/h13-14,16-18,21H,7-12,15H2,1-6H3,(H,30,32)(H,31,33)(H,34,35)/t16?,17-,18-,21+,28?/m1/s1. The predicted octanol–water partition coefficient (Wildman–Crippen LogP) is 3.93. The van der Waals surface area contributed by atoms with Gasteiger partial charge in [0.2, 0.25) is 5.91 Å². The molecule has 2 fully saturated rings.